The van der Waals surface area contributed by atoms with Gasteiger partial charge in [-0.3, -0.25) is 9.58 Å². The third-order valence-electron chi connectivity index (χ3n) is 4.49. The van der Waals surface area contributed by atoms with Crippen molar-refractivity contribution in [1.29, 1.82) is 0 Å². The van der Waals surface area contributed by atoms with Crippen LogP contribution in [0.5, 0.6) is 0 Å². The minimum absolute atomic E-state index is 0.247. The molecule has 1 aromatic carbocycles. The zero-order chi connectivity index (χ0) is 15.7. The summed E-state index contributed by atoms with van der Waals surface area (Å²) in [7, 11) is 1.88. The summed E-state index contributed by atoms with van der Waals surface area (Å²) in [4.78, 5) is 2.35. The number of nitrogens with zero attached hydrogens (tertiary/aromatic N) is 3. The number of benzene rings is 1. The van der Waals surface area contributed by atoms with Gasteiger partial charge in [-0.15, -0.1) is 0 Å². The average molecular weight is 320 g/mol. The Bertz CT molecular complexity index is 639. The van der Waals surface area contributed by atoms with Crippen molar-refractivity contribution in [3.63, 3.8) is 0 Å². The lowest BCUT2D eigenvalue weighted by atomic mass is 10.0. The number of aliphatic hydroxyl groups excluding tert-OH is 1. The molecule has 118 valence electrons. The fraction of sp³-hybridized carbons (Fsp3) is 0.471. The number of hydrogen-bond donors (Lipinski definition) is 1. The van der Waals surface area contributed by atoms with Crippen LogP contribution in [0.25, 0.3) is 11.3 Å². The van der Waals surface area contributed by atoms with Gasteiger partial charge in [0.1, 0.15) is 5.15 Å². The second-order valence-corrected chi connectivity index (χ2v) is 6.49. The zero-order valence-corrected chi connectivity index (χ0v) is 13.8. The van der Waals surface area contributed by atoms with E-state index in [0.717, 1.165) is 42.9 Å². The monoisotopic (exact) mass is 319 g/mol. The molecule has 1 aliphatic rings. The number of likely N-dealkylation sites (tertiary alicyclic amines) is 1. The molecule has 3 rings (SSSR count). The molecule has 1 aliphatic heterocycles. The fourth-order valence-electron chi connectivity index (χ4n) is 3.14. The molecule has 0 radical (unpaired) electrons. The van der Waals surface area contributed by atoms with E-state index in [-0.39, 0.29) is 6.10 Å². The molecule has 2 heterocycles. The number of aryl methyl sites for hydroxylation is 1. The maximum absolute atomic E-state index is 9.76. The molecule has 2 aromatic rings. The molecular formula is C17H22ClN3O. The van der Waals surface area contributed by atoms with Crippen LogP contribution in [0.3, 0.4) is 0 Å². The van der Waals surface area contributed by atoms with Crippen LogP contribution in [0.4, 0.5) is 0 Å². The Morgan fingerprint density at radius 3 is 2.73 bits per heavy atom. The molecule has 0 spiro atoms. The summed E-state index contributed by atoms with van der Waals surface area (Å²) in [6.45, 7) is 4.56. The van der Waals surface area contributed by atoms with E-state index in [9.17, 15) is 5.11 Å². The van der Waals surface area contributed by atoms with Gasteiger partial charge in [0.2, 0.25) is 0 Å². The molecule has 0 amide bonds. The lowest BCUT2D eigenvalue weighted by molar-refractivity contribution is 0.127. The molecule has 1 N–H and O–H groups in total. The molecule has 2 atom stereocenters. The maximum Gasteiger partial charge on any atom is 0.131 e. The van der Waals surface area contributed by atoms with E-state index < -0.39 is 0 Å². The SMILES string of the molecule is CC(O)C1CCN(Cc2c(-c3ccccc3)nn(C)c2Cl)C1. The summed E-state index contributed by atoms with van der Waals surface area (Å²) >= 11 is 6.47. The maximum atomic E-state index is 9.76. The first-order valence-corrected chi connectivity index (χ1v) is 8.11. The Kier molecular flexibility index (Phi) is 4.52. The third kappa shape index (κ3) is 3.05. The second kappa shape index (κ2) is 6.41. The van der Waals surface area contributed by atoms with Gasteiger partial charge >= 0.3 is 0 Å². The molecular weight excluding hydrogens is 298 g/mol. The van der Waals surface area contributed by atoms with Crippen molar-refractivity contribution in [3.8, 4) is 11.3 Å². The number of aromatic nitrogens is 2. The average Bonchev–Trinajstić information content (AvgIpc) is 3.09. The summed E-state index contributed by atoms with van der Waals surface area (Å²) in [6, 6.07) is 10.2. The van der Waals surface area contributed by atoms with E-state index in [1.165, 1.54) is 0 Å². The standard InChI is InChI=1S/C17H22ClN3O/c1-12(22)14-8-9-21(10-14)11-15-16(19-20(2)17(15)18)13-6-4-3-5-7-13/h3-7,12,14,22H,8-11H2,1-2H3. The van der Waals surface area contributed by atoms with Gasteiger partial charge in [0.25, 0.3) is 0 Å². The van der Waals surface area contributed by atoms with Gasteiger partial charge < -0.3 is 5.11 Å². The summed E-state index contributed by atoms with van der Waals surface area (Å²) in [5, 5.41) is 15.0. The van der Waals surface area contributed by atoms with Crippen molar-refractivity contribution in [2.75, 3.05) is 13.1 Å². The smallest absolute Gasteiger partial charge is 0.131 e. The Balaban J connectivity index is 1.85. The second-order valence-electron chi connectivity index (χ2n) is 6.13. The summed E-state index contributed by atoms with van der Waals surface area (Å²) in [5.41, 5.74) is 3.11. The molecule has 1 saturated heterocycles. The fourth-order valence-corrected chi connectivity index (χ4v) is 3.33. The number of rotatable bonds is 4. The van der Waals surface area contributed by atoms with Crippen LogP contribution in [0, 0.1) is 5.92 Å². The molecule has 1 fully saturated rings. The lowest BCUT2D eigenvalue weighted by Gasteiger charge is -2.17. The number of halogens is 1. The molecule has 0 bridgehead atoms. The summed E-state index contributed by atoms with van der Waals surface area (Å²) in [5.74, 6) is 0.357. The summed E-state index contributed by atoms with van der Waals surface area (Å²) < 4.78 is 1.74. The van der Waals surface area contributed by atoms with Crippen molar-refractivity contribution < 1.29 is 5.11 Å². The Hall–Kier alpha value is -1.36. The van der Waals surface area contributed by atoms with Gasteiger partial charge in [-0.25, -0.2) is 0 Å². The van der Waals surface area contributed by atoms with Crippen molar-refractivity contribution >= 4 is 11.6 Å². The van der Waals surface area contributed by atoms with E-state index in [1.807, 2.05) is 32.2 Å². The van der Waals surface area contributed by atoms with Crippen molar-refractivity contribution in [2.45, 2.75) is 26.0 Å². The third-order valence-corrected chi connectivity index (χ3v) is 4.96. The highest BCUT2D eigenvalue weighted by Gasteiger charge is 2.28. The van der Waals surface area contributed by atoms with Gasteiger partial charge in [-0.05, 0) is 25.8 Å². The van der Waals surface area contributed by atoms with Crippen LogP contribution < -0.4 is 0 Å². The minimum Gasteiger partial charge on any atom is -0.393 e. The van der Waals surface area contributed by atoms with Crippen molar-refractivity contribution in [3.05, 3.63) is 41.0 Å². The van der Waals surface area contributed by atoms with Gasteiger partial charge in [0, 0.05) is 31.3 Å². The number of hydrogen-bond acceptors (Lipinski definition) is 3. The lowest BCUT2D eigenvalue weighted by Crippen LogP contribution is -2.24. The Morgan fingerprint density at radius 2 is 2.09 bits per heavy atom. The molecule has 22 heavy (non-hydrogen) atoms. The molecule has 5 heteroatoms. The summed E-state index contributed by atoms with van der Waals surface area (Å²) in [6.07, 6.45) is 0.791. The van der Waals surface area contributed by atoms with Crippen molar-refractivity contribution in [2.24, 2.45) is 13.0 Å². The highest BCUT2D eigenvalue weighted by atomic mass is 35.5. The van der Waals surface area contributed by atoms with Gasteiger partial charge in [-0.1, -0.05) is 41.9 Å². The Labute approximate surface area is 136 Å². The zero-order valence-electron chi connectivity index (χ0n) is 13.0. The Morgan fingerprint density at radius 1 is 1.36 bits per heavy atom. The molecule has 0 aliphatic carbocycles. The molecule has 4 nitrogen and oxygen atoms in total. The molecule has 1 aromatic heterocycles. The first-order chi connectivity index (χ1) is 10.6. The van der Waals surface area contributed by atoms with Gasteiger partial charge in [-0.2, -0.15) is 5.10 Å². The highest BCUT2D eigenvalue weighted by Crippen LogP contribution is 2.31. The van der Waals surface area contributed by atoms with Crippen LogP contribution in [-0.4, -0.2) is 39.0 Å². The van der Waals surface area contributed by atoms with Crippen LogP contribution in [0.2, 0.25) is 5.15 Å². The minimum atomic E-state index is -0.247. The van der Waals surface area contributed by atoms with Crippen LogP contribution in [0.15, 0.2) is 30.3 Å². The predicted octanol–water partition coefficient (Wildman–Crippen LogP) is 2.94. The predicted molar refractivity (Wildman–Crippen MR) is 88.7 cm³/mol. The van der Waals surface area contributed by atoms with E-state index in [1.54, 1.807) is 4.68 Å². The first-order valence-electron chi connectivity index (χ1n) is 7.73. The van der Waals surface area contributed by atoms with E-state index in [4.69, 9.17) is 11.6 Å². The molecule has 2 unspecified atom stereocenters. The normalized spacial score (nSPS) is 20.5. The van der Waals surface area contributed by atoms with Gasteiger partial charge in [0.05, 0.1) is 11.8 Å². The van der Waals surface area contributed by atoms with Gasteiger partial charge in [0.15, 0.2) is 0 Å². The topological polar surface area (TPSA) is 41.3 Å². The van der Waals surface area contributed by atoms with Crippen LogP contribution >= 0.6 is 11.6 Å². The largest absolute Gasteiger partial charge is 0.393 e. The van der Waals surface area contributed by atoms with E-state index in [2.05, 4.69) is 22.1 Å². The van der Waals surface area contributed by atoms with Crippen molar-refractivity contribution in [1.82, 2.24) is 14.7 Å². The number of aliphatic hydroxyl groups is 1. The highest BCUT2D eigenvalue weighted by molar-refractivity contribution is 6.30. The van der Waals surface area contributed by atoms with E-state index in [0.29, 0.717) is 11.1 Å². The first kappa shape index (κ1) is 15.5. The quantitative estimate of drug-likeness (QED) is 0.942. The molecule has 0 saturated carbocycles. The van der Waals surface area contributed by atoms with E-state index >= 15 is 0 Å². The van der Waals surface area contributed by atoms with Crippen LogP contribution in [0.1, 0.15) is 18.9 Å². The van der Waals surface area contributed by atoms with Crippen LogP contribution in [-0.2, 0) is 13.6 Å².